The second-order valence-electron chi connectivity index (χ2n) is 6.13. The van der Waals surface area contributed by atoms with E-state index < -0.39 is 0 Å². The summed E-state index contributed by atoms with van der Waals surface area (Å²) >= 11 is 0. The number of amides is 1. The highest BCUT2D eigenvalue weighted by molar-refractivity contribution is 5.77. The molecule has 0 atom stereocenters. The van der Waals surface area contributed by atoms with Gasteiger partial charge in [-0.1, -0.05) is 24.3 Å². The monoisotopic (exact) mass is 340 g/mol. The van der Waals surface area contributed by atoms with E-state index in [4.69, 9.17) is 10.8 Å². The zero-order chi connectivity index (χ0) is 17.5. The lowest BCUT2D eigenvalue weighted by molar-refractivity contribution is -0.120. The molecule has 0 unspecified atom stereocenters. The summed E-state index contributed by atoms with van der Waals surface area (Å²) in [6, 6.07) is 9.98. The molecule has 25 heavy (non-hydrogen) atoms. The van der Waals surface area contributed by atoms with Crippen LogP contribution in [-0.2, 0) is 24.1 Å². The first-order chi connectivity index (χ1) is 12.2. The van der Waals surface area contributed by atoms with E-state index in [1.165, 1.54) is 5.56 Å². The van der Waals surface area contributed by atoms with Crippen molar-refractivity contribution in [3.63, 3.8) is 0 Å². The van der Waals surface area contributed by atoms with Crippen molar-refractivity contribution in [2.75, 3.05) is 31.1 Å². The van der Waals surface area contributed by atoms with Crippen LogP contribution in [0.15, 0.2) is 36.5 Å². The Hall–Kier alpha value is -2.51. The van der Waals surface area contributed by atoms with Gasteiger partial charge in [-0.25, -0.2) is 15.8 Å². The maximum atomic E-state index is 11.3. The normalized spacial score (nSPS) is 14.4. The molecule has 1 aliphatic rings. The fourth-order valence-corrected chi connectivity index (χ4v) is 2.90. The second-order valence-corrected chi connectivity index (χ2v) is 6.13. The van der Waals surface area contributed by atoms with Crippen LogP contribution in [0.2, 0.25) is 0 Å². The van der Waals surface area contributed by atoms with Crippen LogP contribution in [0.25, 0.3) is 0 Å². The van der Waals surface area contributed by atoms with Gasteiger partial charge in [0.05, 0.1) is 6.42 Å². The molecule has 7 heteroatoms. The maximum absolute atomic E-state index is 11.3. The van der Waals surface area contributed by atoms with Gasteiger partial charge >= 0.3 is 0 Å². The molecule has 0 bridgehead atoms. The zero-order valence-corrected chi connectivity index (χ0v) is 14.2. The molecular formula is C18H24N6O. The first kappa shape index (κ1) is 17.3. The molecule has 4 N–H and O–H groups in total. The Morgan fingerprint density at radius 2 is 1.84 bits per heavy atom. The molecule has 2 aromatic rings. The number of benzene rings is 1. The van der Waals surface area contributed by atoms with Crippen molar-refractivity contribution in [1.82, 2.24) is 20.7 Å². The number of nitrogens with one attached hydrogen (secondary N) is 2. The Kier molecular flexibility index (Phi) is 5.92. The summed E-state index contributed by atoms with van der Waals surface area (Å²) in [5, 5.41) is 3.35. The van der Waals surface area contributed by atoms with E-state index in [1.807, 2.05) is 36.5 Å². The van der Waals surface area contributed by atoms with E-state index >= 15 is 0 Å². The number of carbonyl (C=O) groups is 1. The van der Waals surface area contributed by atoms with Crippen LogP contribution in [0.4, 0.5) is 5.82 Å². The van der Waals surface area contributed by atoms with Gasteiger partial charge in [-0.3, -0.25) is 10.2 Å². The minimum Gasteiger partial charge on any atom is -0.354 e. The minimum atomic E-state index is -0.189. The molecule has 3 rings (SSSR count). The number of anilines is 1. The Bertz CT molecular complexity index is 697. The second kappa shape index (κ2) is 8.55. The number of nitrogens with two attached hydrogens (primary N) is 1. The maximum Gasteiger partial charge on any atom is 0.238 e. The predicted molar refractivity (Wildman–Crippen MR) is 97.0 cm³/mol. The van der Waals surface area contributed by atoms with E-state index in [1.54, 1.807) is 0 Å². The van der Waals surface area contributed by atoms with E-state index in [0.717, 1.165) is 56.2 Å². The molecule has 0 spiro atoms. The third kappa shape index (κ3) is 4.98. The number of carbonyl (C=O) groups excluding carboxylic acids is 1. The highest BCUT2D eigenvalue weighted by atomic mass is 16.2. The molecule has 0 radical (unpaired) electrons. The molecule has 1 saturated heterocycles. The van der Waals surface area contributed by atoms with Gasteiger partial charge in [0.15, 0.2) is 0 Å². The van der Waals surface area contributed by atoms with Crippen molar-refractivity contribution in [3.8, 4) is 0 Å². The minimum absolute atomic E-state index is 0.189. The van der Waals surface area contributed by atoms with E-state index in [2.05, 4.69) is 20.6 Å². The van der Waals surface area contributed by atoms with Crippen LogP contribution in [-0.4, -0.2) is 42.1 Å². The van der Waals surface area contributed by atoms with Crippen LogP contribution in [0, 0.1) is 0 Å². The van der Waals surface area contributed by atoms with Crippen LogP contribution >= 0.6 is 0 Å². The van der Waals surface area contributed by atoms with Crippen LogP contribution < -0.4 is 21.5 Å². The largest absolute Gasteiger partial charge is 0.354 e. The van der Waals surface area contributed by atoms with Crippen molar-refractivity contribution in [2.45, 2.75) is 19.3 Å². The van der Waals surface area contributed by atoms with Crippen molar-refractivity contribution in [2.24, 2.45) is 5.84 Å². The van der Waals surface area contributed by atoms with E-state index in [0.29, 0.717) is 6.42 Å². The number of aryl methyl sites for hydroxylation is 2. The average Bonchev–Trinajstić information content (AvgIpc) is 2.68. The van der Waals surface area contributed by atoms with Gasteiger partial charge in [-0.2, -0.15) is 0 Å². The van der Waals surface area contributed by atoms with Gasteiger partial charge in [0.1, 0.15) is 11.6 Å². The SMILES string of the molecule is NNC(=O)Cc1ccc(CCc2nccc(N3CCNCC3)n2)cc1. The Morgan fingerprint density at radius 3 is 2.56 bits per heavy atom. The van der Waals surface area contributed by atoms with Crippen LogP contribution in [0.3, 0.4) is 0 Å². The van der Waals surface area contributed by atoms with Crippen molar-refractivity contribution in [3.05, 3.63) is 53.5 Å². The molecule has 0 saturated carbocycles. The first-order valence-electron chi connectivity index (χ1n) is 8.59. The summed E-state index contributed by atoms with van der Waals surface area (Å²) in [5.41, 5.74) is 4.29. The fourth-order valence-electron chi connectivity index (χ4n) is 2.90. The van der Waals surface area contributed by atoms with Crippen LogP contribution in [0.5, 0.6) is 0 Å². The summed E-state index contributed by atoms with van der Waals surface area (Å²) < 4.78 is 0. The van der Waals surface area contributed by atoms with Gasteiger partial charge in [-0.05, 0) is 23.6 Å². The van der Waals surface area contributed by atoms with Gasteiger partial charge in [0.2, 0.25) is 5.91 Å². The molecule has 1 aromatic carbocycles. The summed E-state index contributed by atoms with van der Waals surface area (Å²) in [6.45, 7) is 3.95. The molecule has 0 aliphatic carbocycles. The molecule has 7 nitrogen and oxygen atoms in total. The zero-order valence-electron chi connectivity index (χ0n) is 14.2. The molecule has 132 valence electrons. The smallest absolute Gasteiger partial charge is 0.238 e. The quantitative estimate of drug-likeness (QED) is 0.395. The Balaban J connectivity index is 1.57. The lowest BCUT2D eigenvalue weighted by Gasteiger charge is -2.28. The van der Waals surface area contributed by atoms with Gasteiger partial charge in [0, 0.05) is 38.8 Å². The fraction of sp³-hybridized carbons (Fsp3) is 0.389. The summed E-state index contributed by atoms with van der Waals surface area (Å²) in [5.74, 6) is 6.79. The van der Waals surface area contributed by atoms with Crippen molar-refractivity contribution < 1.29 is 4.79 Å². The highest BCUT2D eigenvalue weighted by Gasteiger charge is 2.12. The van der Waals surface area contributed by atoms with Crippen LogP contribution in [0.1, 0.15) is 17.0 Å². The average molecular weight is 340 g/mol. The number of piperazine rings is 1. The number of rotatable bonds is 6. The standard InChI is InChI=1S/C18H24N6O/c19-23-18(25)13-15-3-1-14(2-4-15)5-6-16-21-8-7-17(22-16)24-11-9-20-10-12-24/h1-4,7-8,20H,5-6,9-13,19H2,(H,23,25). The summed E-state index contributed by atoms with van der Waals surface area (Å²) in [4.78, 5) is 22.7. The third-order valence-electron chi connectivity index (χ3n) is 4.32. The van der Waals surface area contributed by atoms with Crippen molar-refractivity contribution >= 4 is 11.7 Å². The topological polar surface area (TPSA) is 96.2 Å². The van der Waals surface area contributed by atoms with E-state index in [-0.39, 0.29) is 5.91 Å². The lowest BCUT2D eigenvalue weighted by atomic mass is 10.1. The highest BCUT2D eigenvalue weighted by Crippen LogP contribution is 2.12. The number of nitrogens with zero attached hydrogens (tertiary/aromatic N) is 3. The number of hydrogen-bond acceptors (Lipinski definition) is 6. The van der Waals surface area contributed by atoms with Crippen molar-refractivity contribution in [1.29, 1.82) is 0 Å². The Labute approximate surface area is 147 Å². The first-order valence-corrected chi connectivity index (χ1v) is 8.59. The molecule has 1 amide bonds. The van der Waals surface area contributed by atoms with Gasteiger partial charge < -0.3 is 10.2 Å². The number of hydrazine groups is 1. The summed E-state index contributed by atoms with van der Waals surface area (Å²) in [6.07, 6.45) is 3.80. The lowest BCUT2D eigenvalue weighted by Crippen LogP contribution is -2.44. The van der Waals surface area contributed by atoms with E-state index in [9.17, 15) is 4.79 Å². The molecule has 1 fully saturated rings. The molecular weight excluding hydrogens is 316 g/mol. The molecule has 1 aromatic heterocycles. The van der Waals surface area contributed by atoms with Gasteiger partial charge in [-0.15, -0.1) is 0 Å². The predicted octanol–water partition coefficient (Wildman–Crippen LogP) is 0.204. The van der Waals surface area contributed by atoms with Gasteiger partial charge in [0.25, 0.3) is 0 Å². The third-order valence-corrected chi connectivity index (χ3v) is 4.32. The number of hydrogen-bond donors (Lipinski definition) is 3. The molecule has 1 aliphatic heterocycles. The summed E-state index contributed by atoms with van der Waals surface area (Å²) in [7, 11) is 0. The number of aromatic nitrogens is 2. The Morgan fingerprint density at radius 1 is 1.12 bits per heavy atom. The molecule has 2 heterocycles.